The first-order chi connectivity index (χ1) is 14.2. The molecule has 2 heterocycles. The molecule has 7 heteroatoms. The van der Waals surface area contributed by atoms with Crippen molar-refractivity contribution in [2.24, 2.45) is 0 Å². The molecule has 2 aromatic carbocycles. The van der Waals surface area contributed by atoms with E-state index in [0.29, 0.717) is 6.54 Å². The van der Waals surface area contributed by atoms with E-state index < -0.39 is 6.36 Å². The predicted molar refractivity (Wildman–Crippen MR) is 109 cm³/mol. The van der Waals surface area contributed by atoms with Crippen molar-refractivity contribution in [3.8, 4) is 22.8 Å². The van der Waals surface area contributed by atoms with Gasteiger partial charge in [-0.05, 0) is 54.8 Å². The number of ether oxygens (including phenoxy) is 1. The number of benzene rings is 2. The number of rotatable bonds is 4. The van der Waals surface area contributed by atoms with Gasteiger partial charge < -0.3 is 14.4 Å². The molecular weight excluding hydrogens is 393 g/mol. The number of hydrogen-bond acceptors (Lipinski definition) is 3. The lowest BCUT2D eigenvalue weighted by Gasteiger charge is -2.10. The van der Waals surface area contributed by atoms with Gasteiger partial charge in [-0.1, -0.05) is 24.3 Å². The number of hydrogen-bond donors (Lipinski definition) is 1. The molecule has 4 nitrogen and oxygen atoms in total. The van der Waals surface area contributed by atoms with Crippen LogP contribution in [-0.2, 0) is 6.54 Å². The Morgan fingerprint density at radius 3 is 2.37 bits per heavy atom. The van der Waals surface area contributed by atoms with Gasteiger partial charge >= 0.3 is 6.36 Å². The Bertz CT molecular complexity index is 1190. The van der Waals surface area contributed by atoms with Gasteiger partial charge in [0.25, 0.3) is 0 Å². The molecule has 154 valence electrons. The summed E-state index contributed by atoms with van der Waals surface area (Å²) in [4.78, 5) is 4.34. The Kier molecular flexibility index (Phi) is 4.89. The van der Waals surface area contributed by atoms with Crippen molar-refractivity contribution in [2.45, 2.75) is 26.8 Å². The van der Waals surface area contributed by atoms with Crippen LogP contribution in [0.15, 0.2) is 60.9 Å². The predicted octanol–water partition coefficient (Wildman–Crippen LogP) is 5.97. The van der Waals surface area contributed by atoms with Crippen LogP contribution in [0.25, 0.3) is 21.9 Å². The van der Waals surface area contributed by atoms with E-state index in [-0.39, 0.29) is 11.6 Å². The smallest absolute Gasteiger partial charge is 0.494 e. The first-order valence-corrected chi connectivity index (χ1v) is 9.30. The highest BCUT2D eigenvalue weighted by Gasteiger charge is 2.30. The Hall–Kier alpha value is -3.48. The number of alkyl halides is 3. The second kappa shape index (κ2) is 7.40. The molecule has 0 saturated carbocycles. The molecule has 0 aliphatic carbocycles. The molecule has 0 spiro atoms. The van der Waals surface area contributed by atoms with Gasteiger partial charge in [-0.2, -0.15) is 0 Å². The van der Waals surface area contributed by atoms with E-state index >= 15 is 0 Å². The Balaban J connectivity index is 1.64. The summed E-state index contributed by atoms with van der Waals surface area (Å²) in [5.41, 5.74) is 4.58. The summed E-state index contributed by atoms with van der Waals surface area (Å²) in [7, 11) is 0. The van der Waals surface area contributed by atoms with Gasteiger partial charge in [0.2, 0.25) is 0 Å². The summed E-state index contributed by atoms with van der Waals surface area (Å²) in [5, 5.41) is 12.3. The van der Waals surface area contributed by atoms with Crippen molar-refractivity contribution >= 4 is 10.8 Å². The van der Waals surface area contributed by atoms with Crippen molar-refractivity contribution < 1.29 is 23.0 Å². The molecule has 0 aliphatic heterocycles. The zero-order chi connectivity index (χ0) is 21.5. The van der Waals surface area contributed by atoms with Crippen LogP contribution in [-0.4, -0.2) is 21.0 Å². The fraction of sp³-hybridized carbons (Fsp3) is 0.174. The summed E-state index contributed by atoms with van der Waals surface area (Å²) >= 11 is 0. The van der Waals surface area contributed by atoms with Gasteiger partial charge in [0.15, 0.2) is 5.88 Å². The van der Waals surface area contributed by atoms with Crippen LogP contribution in [0.3, 0.4) is 0 Å². The van der Waals surface area contributed by atoms with E-state index in [2.05, 4.69) is 9.72 Å². The van der Waals surface area contributed by atoms with Gasteiger partial charge in [0.05, 0.1) is 6.54 Å². The molecule has 0 bridgehead atoms. The van der Waals surface area contributed by atoms with E-state index in [1.807, 2.05) is 50.5 Å². The van der Waals surface area contributed by atoms with Crippen molar-refractivity contribution in [3.05, 3.63) is 77.7 Å². The zero-order valence-electron chi connectivity index (χ0n) is 16.4. The third-order valence-electron chi connectivity index (χ3n) is 4.91. The molecule has 0 saturated heterocycles. The fourth-order valence-corrected chi connectivity index (χ4v) is 3.51. The standard InChI is InChI=1S/C23H19F3N2O2/c1-14-9-18(17-6-3-15(2)27-11-17)10-19-13-28(22(29)21(14)19)12-16-4-7-20(8-5-16)30-23(24,25)26/h3-11,13,29H,12H2,1-2H3. The zero-order valence-corrected chi connectivity index (χ0v) is 16.4. The maximum absolute atomic E-state index is 12.3. The number of aryl methyl sites for hydroxylation is 2. The Morgan fingerprint density at radius 1 is 1.00 bits per heavy atom. The van der Waals surface area contributed by atoms with Crippen LogP contribution in [0, 0.1) is 13.8 Å². The summed E-state index contributed by atoms with van der Waals surface area (Å²) < 4.78 is 42.5. The molecule has 0 fully saturated rings. The Morgan fingerprint density at radius 2 is 1.73 bits per heavy atom. The molecule has 4 rings (SSSR count). The van der Waals surface area contributed by atoms with E-state index in [1.54, 1.807) is 16.7 Å². The van der Waals surface area contributed by atoms with Gasteiger partial charge in [-0.25, -0.2) is 0 Å². The normalized spacial score (nSPS) is 11.8. The SMILES string of the molecule is Cc1ccc(-c2cc(C)c3c(O)n(Cc4ccc(OC(F)(F)F)cc4)cc3c2)cn1. The summed E-state index contributed by atoms with van der Waals surface area (Å²) in [6.45, 7) is 4.17. The minimum Gasteiger partial charge on any atom is -0.494 e. The van der Waals surface area contributed by atoms with Gasteiger partial charge in [0.1, 0.15) is 5.75 Å². The first-order valence-electron chi connectivity index (χ1n) is 9.30. The second-order valence-corrected chi connectivity index (χ2v) is 7.22. The largest absolute Gasteiger partial charge is 0.573 e. The highest BCUT2D eigenvalue weighted by atomic mass is 19.4. The number of aromatic nitrogens is 2. The number of pyridine rings is 1. The monoisotopic (exact) mass is 412 g/mol. The van der Waals surface area contributed by atoms with E-state index in [9.17, 15) is 18.3 Å². The maximum atomic E-state index is 12.3. The minimum atomic E-state index is -4.72. The average Bonchev–Trinajstić information content (AvgIpc) is 2.98. The van der Waals surface area contributed by atoms with Crippen molar-refractivity contribution in [1.82, 2.24) is 9.55 Å². The highest BCUT2D eigenvalue weighted by Crippen LogP contribution is 2.35. The average molecular weight is 412 g/mol. The van der Waals surface area contributed by atoms with Crippen LogP contribution < -0.4 is 4.74 Å². The molecule has 0 atom stereocenters. The molecule has 0 amide bonds. The lowest BCUT2D eigenvalue weighted by atomic mass is 10.0. The highest BCUT2D eigenvalue weighted by molar-refractivity contribution is 5.94. The summed E-state index contributed by atoms with van der Waals surface area (Å²) in [5.74, 6) is -0.160. The lowest BCUT2D eigenvalue weighted by Crippen LogP contribution is -2.17. The topological polar surface area (TPSA) is 47.3 Å². The third-order valence-corrected chi connectivity index (χ3v) is 4.91. The molecule has 4 aromatic rings. The molecule has 30 heavy (non-hydrogen) atoms. The van der Waals surface area contributed by atoms with Crippen molar-refractivity contribution in [3.63, 3.8) is 0 Å². The number of nitrogens with zero attached hydrogens (tertiary/aromatic N) is 2. The van der Waals surface area contributed by atoms with E-state index in [1.165, 1.54) is 12.1 Å². The van der Waals surface area contributed by atoms with Crippen LogP contribution in [0.4, 0.5) is 13.2 Å². The summed E-state index contributed by atoms with van der Waals surface area (Å²) in [6, 6.07) is 13.6. The molecule has 2 aromatic heterocycles. The van der Waals surface area contributed by atoms with Crippen LogP contribution >= 0.6 is 0 Å². The van der Waals surface area contributed by atoms with Crippen LogP contribution in [0.2, 0.25) is 0 Å². The number of fused-ring (bicyclic) bond motifs is 1. The molecule has 1 N–H and O–H groups in total. The fourth-order valence-electron chi connectivity index (χ4n) is 3.51. The van der Waals surface area contributed by atoms with E-state index in [0.717, 1.165) is 38.7 Å². The Labute approximate surface area is 171 Å². The molecule has 0 aliphatic rings. The van der Waals surface area contributed by atoms with Gasteiger partial charge in [-0.3, -0.25) is 4.98 Å². The third kappa shape index (κ3) is 4.10. The quantitative estimate of drug-likeness (QED) is 0.449. The van der Waals surface area contributed by atoms with Crippen molar-refractivity contribution in [2.75, 3.05) is 0 Å². The lowest BCUT2D eigenvalue weighted by molar-refractivity contribution is -0.274. The number of halogens is 3. The summed E-state index contributed by atoms with van der Waals surface area (Å²) in [6.07, 6.45) is -1.07. The van der Waals surface area contributed by atoms with Crippen LogP contribution in [0.1, 0.15) is 16.8 Å². The second-order valence-electron chi connectivity index (χ2n) is 7.22. The maximum Gasteiger partial charge on any atom is 0.573 e. The minimum absolute atomic E-state index is 0.117. The molecule has 0 radical (unpaired) electrons. The molecule has 0 unspecified atom stereocenters. The molecular formula is C23H19F3N2O2. The van der Waals surface area contributed by atoms with Crippen LogP contribution in [0.5, 0.6) is 11.6 Å². The van der Waals surface area contributed by atoms with Gasteiger partial charge in [0, 0.05) is 34.4 Å². The number of aromatic hydroxyl groups is 1. The van der Waals surface area contributed by atoms with Gasteiger partial charge in [-0.15, -0.1) is 13.2 Å². The van der Waals surface area contributed by atoms with E-state index in [4.69, 9.17) is 0 Å². The van der Waals surface area contributed by atoms with Crippen molar-refractivity contribution in [1.29, 1.82) is 0 Å². The first kappa shape index (κ1) is 19.8.